The Morgan fingerprint density at radius 2 is 1.29 bits per heavy atom. The van der Waals surface area contributed by atoms with E-state index < -0.39 is 35.2 Å². The van der Waals surface area contributed by atoms with E-state index in [4.69, 9.17) is 20.1 Å². The number of hydrogen-bond acceptors (Lipinski definition) is 5. The molecule has 0 saturated carbocycles. The molecule has 2 rings (SSSR count). The van der Waals surface area contributed by atoms with Gasteiger partial charge in [-0.3, -0.25) is 0 Å². The number of carboxylic acid groups (broad SMARTS) is 3. The highest BCUT2D eigenvalue weighted by Gasteiger charge is 2.21. The van der Waals surface area contributed by atoms with Gasteiger partial charge in [-0.25, -0.2) is 19.2 Å². The second-order valence-corrected chi connectivity index (χ2v) is 4.56. The molecule has 0 aromatic heterocycles. The molecule has 0 fully saturated rings. The van der Waals surface area contributed by atoms with Gasteiger partial charge < -0.3 is 20.1 Å². The molecule has 0 atom stereocenters. The van der Waals surface area contributed by atoms with Crippen molar-refractivity contribution in [2.45, 2.75) is 0 Å². The van der Waals surface area contributed by atoms with Gasteiger partial charge in [0.1, 0.15) is 11.3 Å². The first-order chi connectivity index (χ1) is 11.3. The standard InChI is InChI=1S/C16H10O8/c17-13(18)8-5-6-12(11(7-8)15(21)22)24-16(23)10-4-2-1-3-9(10)14(19)20/h1-7H,(H,17,18)(H,19,20)(H,21,22). The summed E-state index contributed by atoms with van der Waals surface area (Å²) in [5, 5.41) is 27.0. The number of carboxylic acids is 3. The summed E-state index contributed by atoms with van der Waals surface area (Å²) in [4.78, 5) is 45.3. The van der Waals surface area contributed by atoms with E-state index in [1.165, 1.54) is 24.3 Å². The Kier molecular flexibility index (Phi) is 4.60. The third-order valence-electron chi connectivity index (χ3n) is 3.04. The highest BCUT2D eigenvalue weighted by molar-refractivity contribution is 6.04. The molecule has 0 unspecified atom stereocenters. The number of carbonyl (C=O) groups is 4. The third kappa shape index (κ3) is 3.38. The van der Waals surface area contributed by atoms with Crippen LogP contribution >= 0.6 is 0 Å². The number of ether oxygens (including phenoxy) is 1. The van der Waals surface area contributed by atoms with Crippen LogP contribution in [0, 0.1) is 0 Å². The Labute approximate surface area is 134 Å². The predicted molar refractivity (Wildman–Crippen MR) is 78.7 cm³/mol. The van der Waals surface area contributed by atoms with Gasteiger partial charge in [0.05, 0.1) is 16.7 Å². The van der Waals surface area contributed by atoms with Crippen LogP contribution in [0.5, 0.6) is 5.75 Å². The monoisotopic (exact) mass is 330 g/mol. The lowest BCUT2D eigenvalue weighted by Crippen LogP contribution is -2.16. The molecule has 0 heterocycles. The third-order valence-corrected chi connectivity index (χ3v) is 3.04. The van der Waals surface area contributed by atoms with Gasteiger partial charge in [0.25, 0.3) is 0 Å². The van der Waals surface area contributed by atoms with Gasteiger partial charge in [0.15, 0.2) is 0 Å². The molecule has 0 spiro atoms. The first kappa shape index (κ1) is 16.7. The molecule has 2 aromatic carbocycles. The van der Waals surface area contributed by atoms with E-state index in [1.54, 1.807) is 0 Å². The zero-order valence-corrected chi connectivity index (χ0v) is 11.9. The Balaban J connectivity index is 2.41. The molecule has 0 saturated heterocycles. The lowest BCUT2D eigenvalue weighted by atomic mass is 10.1. The number of carbonyl (C=O) groups excluding carboxylic acids is 1. The maximum atomic E-state index is 12.1. The zero-order valence-electron chi connectivity index (χ0n) is 11.9. The summed E-state index contributed by atoms with van der Waals surface area (Å²) in [5.74, 6) is -5.64. The maximum Gasteiger partial charge on any atom is 0.344 e. The van der Waals surface area contributed by atoms with Crippen molar-refractivity contribution in [2.75, 3.05) is 0 Å². The van der Waals surface area contributed by atoms with E-state index in [-0.39, 0.29) is 16.7 Å². The minimum absolute atomic E-state index is 0.261. The van der Waals surface area contributed by atoms with Crippen molar-refractivity contribution in [1.82, 2.24) is 0 Å². The molecule has 0 aliphatic heterocycles. The van der Waals surface area contributed by atoms with Gasteiger partial charge in [-0.15, -0.1) is 0 Å². The van der Waals surface area contributed by atoms with Gasteiger partial charge in [-0.2, -0.15) is 0 Å². The van der Waals surface area contributed by atoms with Crippen molar-refractivity contribution in [1.29, 1.82) is 0 Å². The molecule has 0 aliphatic rings. The maximum absolute atomic E-state index is 12.1. The zero-order chi connectivity index (χ0) is 17.9. The number of benzene rings is 2. The summed E-state index contributed by atoms with van der Waals surface area (Å²) in [6.45, 7) is 0. The fraction of sp³-hybridized carbons (Fsp3) is 0. The van der Waals surface area contributed by atoms with Crippen LogP contribution in [0.15, 0.2) is 42.5 Å². The van der Waals surface area contributed by atoms with Gasteiger partial charge in [0, 0.05) is 0 Å². The molecule has 3 N–H and O–H groups in total. The summed E-state index contributed by atoms with van der Waals surface area (Å²) in [6, 6.07) is 8.20. The molecule has 0 radical (unpaired) electrons. The Morgan fingerprint density at radius 3 is 1.83 bits per heavy atom. The molecule has 122 valence electrons. The lowest BCUT2D eigenvalue weighted by Gasteiger charge is -2.09. The molecule has 8 nitrogen and oxygen atoms in total. The number of aromatic carboxylic acids is 3. The highest BCUT2D eigenvalue weighted by Crippen LogP contribution is 2.22. The summed E-state index contributed by atoms with van der Waals surface area (Å²) < 4.78 is 4.94. The van der Waals surface area contributed by atoms with Crippen LogP contribution in [0.1, 0.15) is 41.4 Å². The SMILES string of the molecule is O=C(O)c1ccc(OC(=O)c2ccccc2C(=O)O)c(C(=O)O)c1. The Bertz CT molecular complexity index is 853. The molecule has 0 aliphatic carbocycles. The molecule has 8 heteroatoms. The smallest absolute Gasteiger partial charge is 0.344 e. The van der Waals surface area contributed by atoms with E-state index >= 15 is 0 Å². The summed E-state index contributed by atoms with van der Waals surface area (Å²) in [6.07, 6.45) is 0. The quantitative estimate of drug-likeness (QED) is 0.559. The predicted octanol–water partition coefficient (Wildman–Crippen LogP) is 2.00. The van der Waals surface area contributed by atoms with Crippen molar-refractivity contribution in [2.24, 2.45) is 0 Å². The van der Waals surface area contributed by atoms with Crippen molar-refractivity contribution >= 4 is 23.9 Å². The highest BCUT2D eigenvalue weighted by atomic mass is 16.5. The van der Waals surface area contributed by atoms with Crippen molar-refractivity contribution in [3.05, 3.63) is 64.7 Å². The van der Waals surface area contributed by atoms with Crippen LogP contribution in [0.3, 0.4) is 0 Å². The first-order valence-corrected chi connectivity index (χ1v) is 6.46. The van der Waals surface area contributed by atoms with E-state index in [9.17, 15) is 19.2 Å². The fourth-order valence-corrected chi connectivity index (χ4v) is 1.92. The lowest BCUT2D eigenvalue weighted by molar-refractivity contribution is 0.0652. The molecular formula is C16H10O8. The van der Waals surface area contributed by atoms with E-state index in [1.807, 2.05) is 0 Å². The van der Waals surface area contributed by atoms with Crippen LogP contribution in [0.2, 0.25) is 0 Å². The summed E-state index contributed by atoms with van der Waals surface area (Å²) in [5.41, 5.74) is -1.39. The molecule has 0 bridgehead atoms. The van der Waals surface area contributed by atoms with Crippen LogP contribution in [-0.4, -0.2) is 39.2 Å². The van der Waals surface area contributed by atoms with Gasteiger partial charge in [0.2, 0.25) is 0 Å². The van der Waals surface area contributed by atoms with Gasteiger partial charge in [-0.05, 0) is 30.3 Å². The average Bonchev–Trinajstić information content (AvgIpc) is 2.54. The minimum Gasteiger partial charge on any atom is -0.478 e. The van der Waals surface area contributed by atoms with Crippen LogP contribution < -0.4 is 4.74 Å². The van der Waals surface area contributed by atoms with E-state index in [2.05, 4.69) is 0 Å². The van der Waals surface area contributed by atoms with E-state index in [0.717, 1.165) is 18.2 Å². The van der Waals surface area contributed by atoms with Crippen molar-refractivity contribution < 1.29 is 39.2 Å². The summed E-state index contributed by atoms with van der Waals surface area (Å²) >= 11 is 0. The number of hydrogen-bond donors (Lipinski definition) is 3. The minimum atomic E-state index is -1.49. The number of rotatable bonds is 5. The molecular weight excluding hydrogens is 320 g/mol. The second-order valence-electron chi connectivity index (χ2n) is 4.56. The Hall–Kier alpha value is -3.68. The Morgan fingerprint density at radius 1 is 0.708 bits per heavy atom. The van der Waals surface area contributed by atoms with Crippen LogP contribution in [0.4, 0.5) is 0 Å². The number of esters is 1. The van der Waals surface area contributed by atoms with Gasteiger partial charge in [-0.1, -0.05) is 12.1 Å². The fourth-order valence-electron chi connectivity index (χ4n) is 1.92. The van der Waals surface area contributed by atoms with Crippen LogP contribution in [0.25, 0.3) is 0 Å². The van der Waals surface area contributed by atoms with Crippen molar-refractivity contribution in [3.63, 3.8) is 0 Å². The normalized spacial score (nSPS) is 10.0. The first-order valence-electron chi connectivity index (χ1n) is 6.46. The molecule has 2 aromatic rings. The average molecular weight is 330 g/mol. The van der Waals surface area contributed by atoms with E-state index in [0.29, 0.717) is 0 Å². The second kappa shape index (κ2) is 6.61. The van der Waals surface area contributed by atoms with Gasteiger partial charge >= 0.3 is 23.9 Å². The summed E-state index contributed by atoms with van der Waals surface area (Å²) in [7, 11) is 0. The topological polar surface area (TPSA) is 138 Å². The molecule has 24 heavy (non-hydrogen) atoms. The van der Waals surface area contributed by atoms with Crippen molar-refractivity contribution in [3.8, 4) is 5.75 Å². The largest absolute Gasteiger partial charge is 0.478 e. The molecule has 0 amide bonds. The van der Waals surface area contributed by atoms with Crippen LogP contribution in [-0.2, 0) is 0 Å².